The van der Waals surface area contributed by atoms with E-state index in [2.05, 4.69) is 74.6 Å². The van der Waals surface area contributed by atoms with E-state index in [-0.39, 0.29) is 36.2 Å². The normalized spacial score (nSPS) is 13.3. The molecule has 0 heterocycles. The van der Waals surface area contributed by atoms with Crippen LogP contribution in [0.3, 0.4) is 0 Å². The Morgan fingerprint density at radius 1 is 0.462 bits per heavy atom. The molecule has 0 amide bonds. The quantitative estimate of drug-likeness (QED) is 0.0281. The number of nitrogens with zero attached hydrogens (tertiary/aromatic N) is 1. The average Bonchev–Trinajstić information content (AvgIpc) is 3.27. The fourth-order valence-corrected chi connectivity index (χ4v) is 7.85. The lowest BCUT2D eigenvalue weighted by Gasteiger charge is -2.31. The van der Waals surface area contributed by atoms with Gasteiger partial charge in [-0.15, -0.1) is 0 Å². The number of rotatable bonds is 48. The molecule has 8 heteroatoms. The second-order valence-corrected chi connectivity index (χ2v) is 19.1. The molecule has 2 unspecified atom stereocenters. The summed E-state index contributed by atoms with van der Waals surface area (Å²) >= 11 is 0. The van der Waals surface area contributed by atoms with E-state index in [9.17, 15) is 19.5 Å². The summed E-state index contributed by atoms with van der Waals surface area (Å²) in [5, 5.41) is 9.67. The zero-order chi connectivity index (χ0) is 47.7. The van der Waals surface area contributed by atoms with Crippen LogP contribution in [0, 0.1) is 0 Å². The highest BCUT2D eigenvalue weighted by molar-refractivity contribution is 5.72. The molecular formula is C57H102NO7+. The molecule has 0 aromatic rings. The first-order valence-corrected chi connectivity index (χ1v) is 26.8. The summed E-state index contributed by atoms with van der Waals surface area (Å²) in [6, 6.07) is -0.617. The Hall–Kier alpha value is -2.97. The monoisotopic (exact) mass is 913 g/mol. The highest BCUT2D eigenvalue weighted by atomic mass is 16.6. The second-order valence-electron chi connectivity index (χ2n) is 19.1. The van der Waals surface area contributed by atoms with Gasteiger partial charge in [0, 0.05) is 19.3 Å². The van der Waals surface area contributed by atoms with Crippen molar-refractivity contribution in [3.63, 3.8) is 0 Å². The van der Waals surface area contributed by atoms with Gasteiger partial charge < -0.3 is 23.8 Å². The maximum absolute atomic E-state index is 12.8. The Kier molecular flexibility index (Phi) is 45.3. The summed E-state index contributed by atoms with van der Waals surface area (Å²) in [7, 11) is 5.54. The van der Waals surface area contributed by atoms with Crippen molar-refractivity contribution < 1.29 is 38.2 Å². The molecular weight excluding hydrogens is 811 g/mol. The van der Waals surface area contributed by atoms with Gasteiger partial charge in [-0.1, -0.05) is 203 Å². The Bertz CT molecular complexity index is 1250. The molecule has 0 spiro atoms. The number of unbranched alkanes of at least 4 members (excludes halogenated alkanes) is 24. The molecule has 0 aliphatic rings. The van der Waals surface area contributed by atoms with Crippen molar-refractivity contribution in [2.45, 2.75) is 244 Å². The molecule has 0 saturated carbocycles. The van der Waals surface area contributed by atoms with Crippen molar-refractivity contribution in [2.75, 3.05) is 41.0 Å². The van der Waals surface area contributed by atoms with Gasteiger partial charge in [0.2, 0.25) is 0 Å². The van der Waals surface area contributed by atoms with Gasteiger partial charge in [-0.05, 0) is 70.6 Å². The lowest BCUT2D eigenvalue weighted by Crippen LogP contribution is -2.50. The van der Waals surface area contributed by atoms with Crippen LogP contribution >= 0.6 is 0 Å². The zero-order valence-corrected chi connectivity index (χ0v) is 42.9. The number of hydrogen-bond acceptors (Lipinski definition) is 6. The third-order valence-electron chi connectivity index (χ3n) is 11.9. The largest absolute Gasteiger partial charge is 0.477 e. The first-order valence-electron chi connectivity index (χ1n) is 26.8. The molecule has 0 aromatic heterocycles. The molecule has 1 N–H and O–H groups in total. The first-order chi connectivity index (χ1) is 31.6. The van der Waals surface area contributed by atoms with E-state index in [1.807, 2.05) is 21.1 Å². The van der Waals surface area contributed by atoms with Crippen LogP contribution in [0.4, 0.5) is 0 Å². The molecule has 0 aliphatic carbocycles. The Morgan fingerprint density at radius 2 is 0.815 bits per heavy atom. The van der Waals surface area contributed by atoms with Gasteiger partial charge >= 0.3 is 17.9 Å². The molecule has 376 valence electrons. The SMILES string of the molecule is CC/C=C/C/C=C/C/C=C/CCCCCCCCCCCCC(=O)OC(COCCC(C(=O)O)[N+](C)(C)C)COC(=O)CCCCCCCCCCCCCCCC/C=C/C/C=C/CC. The zero-order valence-electron chi connectivity index (χ0n) is 42.9. The van der Waals surface area contributed by atoms with Crippen molar-refractivity contribution >= 4 is 17.9 Å². The predicted molar refractivity (Wildman–Crippen MR) is 275 cm³/mol. The summed E-state index contributed by atoms with van der Waals surface area (Å²) in [5.41, 5.74) is 0. The van der Waals surface area contributed by atoms with E-state index >= 15 is 0 Å². The van der Waals surface area contributed by atoms with Gasteiger partial charge in [0.05, 0.1) is 34.4 Å². The maximum Gasteiger partial charge on any atom is 0.362 e. The van der Waals surface area contributed by atoms with E-state index in [1.54, 1.807) is 0 Å². The fraction of sp³-hybridized carbons (Fsp3) is 0.772. The van der Waals surface area contributed by atoms with Crippen LogP contribution in [0.2, 0.25) is 0 Å². The van der Waals surface area contributed by atoms with Crippen LogP contribution in [-0.4, -0.2) is 80.6 Å². The predicted octanol–water partition coefficient (Wildman–Crippen LogP) is 15.7. The van der Waals surface area contributed by atoms with Crippen molar-refractivity contribution in [1.82, 2.24) is 0 Å². The van der Waals surface area contributed by atoms with E-state index < -0.39 is 18.1 Å². The summed E-state index contributed by atoms with van der Waals surface area (Å²) in [5.74, 6) is -1.46. The summed E-state index contributed by atoms with van der Waals surface area (Å²) in [6.07, 6.45) is 59.9. The van der Waals surface area contributed by atoms with Crippen LogP contribution in [0.15, 0.2) is 60.8 Å². The van der Waals surface area contributed by atoms with E-state index in [1.165, 1.54) is 128 Å². The topological polar surface area (TPSA) is 99.1 Å². The van der Waals surface area contributed by atoms with Crippen LogP contribution in [0.1, 0.15) is 232 Å². The number of carbonyl (C=O) groups excluding carboxylic acids is 2. The third kappa shape index (κ3) is 46.0. The minimum atomic E-state index is -0.875. The van der Waals surface area contributed by atoms with Gasteiger partial charge in [0.15, 0.2) is 12.1 Å². The number of allylic oxidation sites excluding steroid dienone is 10. The standard InChI is InChI=1S/C57H101NO7/c1-6-8-10-12-14-16-18-20-22-24-26-28-30-31-33-35-37-39-41-43-45-47-55(59)64-52-53(51-63-50-49-54(57(61)62)58(3,4)5)65-56(60)48-46-44-42-40-38-36-34-32-29-27-25-23-21-19-17-15-13-11-9-7-2/h8-11,14-17,21,23,53-54H,6-7,12-13,18-20,22,24-52H2,1-5H3/p+1/b10-8+,11-9+,16-14+,17-15+,23-21+. The van der Waals surface area contributed by atoms with Crippen molar-refractivity contribution in [2.24, 2.45) is 0 Å². The summed E-state index contributed by atoms with van der Waals surface area (Å²) in [6.45, 7) is 4.55. The Labute approximate surface area is 400 Å². The lowest BCUT2D eigenvalue weighted by atomic mass is 10.0. The highest BCUT2D eigenvalue weighted by Gasteiger charge is 2.31. The minimum absolute atomic E-state index is 0.0526. The minimum Gasteiger partial charge on any atom is -0.477 e. The fourth-order valence-electron chi connectivity index (χ4n) is 7.85. The average molecular weight is 913 g/mol. The molecule has 0 rings (SSSR count). The van der Waals surface area contributed by atoms with Gasteiger partial charge in [-0.2, -0.15) is 0 Å². The maximum atomic E-state index is 12.8. The lowest BCUT2D eigenvalue weighted by molar-refractivity contribution is -0.887. The Morgan fingerprint density at radius 3 is 1.20 bits per heavy atom. The summed E-state index contributed by atoms with van der Waals surface area (Å²) in [4.78, 5) is 37.2. The molecule has 0 radical (unpaired) electrons. The molecule has 2 atom stereocenters. The number of carbonyl (C=O) groups is 3. The van der Waals surface area contributed by atoms with Crippen LogP contribution < -0.4 is 0 Å². The van der Waals surface area contributed by atoms with Crippen molar-refractivity contribution in [3.8, 4) is 0 Å². The van der Waals surface area contributed by atoms with Crippen molar-refractivity contribution in [3.05, 3.63) is 60.8 Å². The number of quaternary nitrogens is 1. The number of aliphatic carboxylic acids is 1. The highest BCUT2D eigenvalue weighted by Crippen LogP contribution is 2.16. The van der Waals surface area contributed by atoms with E-state index in [0.717, 1.165) is 70.6 Å². The number of carboxylic acids is 1. The van der Waals surface area contributed by atoms with Crippen LogP contribution in [-0.2, 0) is 28.6 Å². The number of ether oxygens (including phenoxy) is 3. The van der Waals surface area contributed by atoms with Gasteiger partial charge in [-0.25, -0.2) is 4.79 Å². The van der Waals surface area contributed by atoms with Crippen LogP contribution in [0.5, 0.6) is 0 Å². The van der Waals surface area contributed by atoms with Crippen molar-refractivity contribution in [1.29, 1.82) is 0 Å². The molecule has 0 bridgehead atoms. The van der Waals surface area contributed by atoms with Gasteiger partial charge in [-0.3, -0.25) is 9.59 Å². The number of esters is 2. The number of likely N-dealkylation sites (N-methyl/N-ethyl adjacent to an activating group) is 1. The number of carboxylic acid groups (broad SMARTS) is 1. The van der Waals surface area contributed by atoms with Gasteiger partial charge in [0.25, 0.3) is 0 Å². The summed E-state index contributed by atoms with van der Waals surface area (Å²) < 4.78 is 17.4. The third-order valence-corrected chi connectivity index (χ3v) is 11.9. The molecule has 0 fully saturated rings. The Balaban J connectivity index is 4.19. The molecule has 0 saturated heterocycles. The molecule has 65 heavy (non-hydrogen) atoms. The second kappa shape index (κ2) is 47.5. The van der Waals surface area contributed by atoms with Crippen LogP contribution in [0.25, 0.3) is 0 Å². The first kappa shape index (κ1) is 62.0. The van der Waals surface area contributed by atoms with E-state index in [0.29, 0.717) is 19.3 Å². The van der Waals surface area contributed by atoms with Gasteiger partial charge in [0.1, 0.15) is 6.61 Å². The molecule has 8 nitrogen and oxygen atoms in total. The number of hydrogen-bond donors (Lipinski definition) is 1. The smallest absolute Gasteiger partial charge is 0.362 e. The van der Waals surface area contributed by atoms with E-state index in [4.69, 9.17) is 14.2 Å². The molecule has 0 aromatic carbocycles. The molecule has 0 aliphatic heterocycles.